The minimum absolute atomic E-state index is 0.0392. The lowest BCUT2D eigenvalue weighted by molar-refractivity contribution is -0.130. The van der Waals surface area contributed by atoms with E-state index in [2.05, 4.69) is 53.8 Å². The molecule has 0 radical (unpaired) electrons. The van der Waals surface area contributed by atoms with Crippen LogP contribution >= 0.6 is 0 Å². The largest absolute Gasteiger partial charge is 0.488 e. The number of methoxy groups -OCH3 is 1. The number of aryl methyl sites for hydroxylation is 1. The molecule has 3 saturated carbocycles. The molecule has 50 heavy (non-hydrogen) atoms. The number of rotatable bonds is 10. The Morgan fingerprint density at radius 1 is 1.02 bits per heavy atom. The molecule has 1 spiro atoms. The number of fused-ring (bicyclic) bond motifs is 2. The first-order valence-electron chi connectivity index (χ1n) is 18.4. The number of piperidine rings is 1. The summed E-state index contributed by atoms with van der Waals surface area (Å²) in [7, 11) is 3.89. The van der Waals surface area contributed by atoms with Gasteiger partial charge in [-0.2, -0.15) is 5.10 Å². The third-order valence-electron chi connectivity index (χ3n) is 12.4. The van der Waals surface area contributed by atoms with Crippen LogP contribution < -0.4 is 16.2 Å². The van der Waals surface area contributed by atoms with E-state index in [1.54, 1.807) is 7.11 Å². The number of likely N-dealkylation sites (tertiary alicyclic amines) is 1. The molecular weight excluding hydrogens is 626 g/mol. The Morgan fingerprint density at radius 3 is 2.44 bits per heavy atom. The minimum atomic E-state index is -0.792. The SMILES string of the molecule is C=CC(=O)C1(N)CC2(CCC(N)(c3nc(C4CCN(C)CC4)nc4c(OCCOC)c(-c5c(C)ccc6[nH]ncc56)c(C5CC5)cc34)CC2)C1. The van der Waals surface area contributed by atoms with E-state index < -0.39 is 11.1 Å². The molecule has 4 fully saturated rings. The summed E-state index contributed by atoms with van der Waals surface area (Å²) in [6.45, 7) is 8.74. The highest BCUT2D eigenvalue weighted by molar-refractivity contribution is 6.04. The van der Waals surface area contributed by atoms with E-state index in [1.165, 1.54) is 17.2 Å². The van der Waals surface area contributed by atoms with Gasteiger partial charge in [0.05, 0.1) is 35.1 Å². The van der Waals surface area contributed by atoms with Gasteiger partial charge in [0.2, 0.25) is 0 Å². The van der Waals surface area contributed by atoms with Gasteiger partial charge >= 0.3 is 0 Å². The van der Waals surface area contributed by atoms with Crippen molar-refractivity contribution >= 4 is 27.6 Å². The van der Waals surface area contributed by atoms with Gasteiger partial charge in [-0.15, -0.1) is 0 Å². The molecule has 1 saturated heterocycles. The topological polar surface area (TPSA) is 145 Å². The van der Waals surface area contributed by atoms with Crippen molar-refractivity contribution in [3.8, 4) is 16.9 Å². The lowest BCUT2D eigenvalue weighted by Gasteiger charge is -2.57. The van der Waals surface area contributed by atoms with Crippen molar-refractivity contribution in [3.05, 3.63) is 59.7 Å². The zero-order chi connectivity index (χ0) is 34.8. The molecule has 2 aromatic heterocycles. The second-order valence-corrected chi connectivity index (χ2v) is 16.0. The molecule has 0 bridgehead atoms. The molecule has 8 rings (SSSR count). The number of ether oxygens (including phenoxy) is 2. The Labute approximate surface area is 294 Å². The van der Waals surface area contributed by atoms with Crippen molar-refractivity contribution in [3.63, 3.8) is 0 Å². The van der Waals surface area contributed by atoms with Crippen LogP contribution in [-0.4, -0.2) is 76.8 Å². The molecule has 3 aliphatic carbocycles. The molecule has 10 heteroatoms. The van der Waals surface area contributed by atoms with Gasteiger partial charge in [0.15, 0.2) is 11.5 Å². The van der Waals surface area contributed by atoms with Crippen molar-refractivity contribution < 1.29 is 14.3 Å². The summed E-state index contributed by atoms with van der Waals surface area (Å²) in [5, 5.41) is 9.70. The molecule has 0 unspecified atom stereocenters. The highest BCUT2D eigenvalue weighted by Gasteiger charge is 2.58. The van der Waals surface area contributed by atoms with E-state index in [1.807, 2.05) is 6.20 Å². The molecule has 2 aromatic carbocycles. The Kier molecular flexibility index (Phi) is 8.37. The fourth-order valence-electron chi connectivity index (χ4n) is 9.38. The molecular formula is C40H51N7O3. The number of aromatic nitrogens is 4. The molecule has 5 N–H and O–H groups in total. The third-order valence-corrected chi connectivity index (χ3v) is 12.4. The van der Waals surface area contributed by atoms with Crippen LogP contribution in [0.4, 0.5) is 0 Å². The number of ketones is 1. The Hall–Kier alpha value is -3.70. The number of hydrogen-bond acceptors (Lipinski definition) is 9. The summed E-state index contributed by atoms with van der Waals surface area (Å²) >= 11 is 0. The van der Waals surface area contributed by atoms with E-state index in [-0.39, 0.29) is 17.1 Å². The van der Waals surface area contributed by atoms with Gasteiger partial charge in [-0.25, -0.2) is 9.97 Å². The highest BCUT2D eigenvalue weighted by Crippen LogP contribution is 2.59. The summed E-state index contributed by atoms with van der Waals surface area (Å²) in [6.07, 6.45) is 12.3. The van der Waals surface area contributed by atoms with Gasteiger partial charge in [0, 0.05) is 29.4 Å². The number of carbonyl (C=O) groups is 1. The lowest BCUT2D eigenvalue weighted by atomic mass is 9.49. The fraction of sp³-hybridized carbons (Fsp3) is 0.550. The predicted molar refractivity (Wildman–Crippen MR) is 196 cm³/mol. The predicted octanol–water partition coefficient (Wildman–Crippen LogP) is 6.15. The van der Waals surface area contributed by atoms with Crippen molar-refractivity contribution in [1.29, 1.82) is 0 Å². The third kappa shape index (κ3) is 5.64. The number of aromatic amines is 1. The Balaban J connectivity index is 1.31. The van der Waals surface area contributed by atoms with Crippen LogP contribution in [-0.2, 0) is 15.1 Å². The lowest BCUT2D eigenvalue weighted by Crippen LogP contribution is -2.64. The zero-order valence-electron chi connectivity index (χ0n) is 29.8. The van der Waals surface area contributed by atoms with Crippen LogP contribution in [0.5, 0.6) is 5.75 Å². The van der Waals surface area contributed by atoms with Crippen LogP contribution in [0.3, 0.4) is 0 Å². The molecule has 0 amide bonds. The molecule has 4 aliphatic rings. The monoisotopic (exact) mass is 677 g/mol. The Bertz CT molecular complexity index is 1960. The maximum atomic E-state index is 12.6. The number of carbonyl (C=O) groups excluding carboxylic acids is 1. The van der Waals surface area contributed by atoms with Crippen molar-refractivity contribution in [2.24, 2.45) is 16.9 Å². The highest BCUT2D eigenvalue weighted by atomic mass is 16.5. The fourth-order valence-corrected chi connectivity index (χ4v) is 9.38. The van der Waals surface area contributed by atoms with Crippen LogP contribution in [0.1, 0.15) is 98.7 Å². The summed E-state index contributed by atoms with van der Waals surface area (Å²) in [6, 6.07) is 6.62. The van der Waals surface area contributed by atoms with Crippen LogP contribution in [0.2, 0.25) is 0 Å². The summed E-state index contributed by atoms with van der Waals surface area (Å²) in [5.41, 5.74) is 20.2. The average molecular weight is 678 g/mol. The average Bonchev–Trinajstić information content (AvgIpc) is 3.84. The Morgan fingerprint density at radius 2 is 1.76 bits per heavy atom. The minimum Gasteiger partial charge on any atom is -0.488 e. The summed E-state index contributed by atoms with van der Waals surface area (Å²) in [4.78, 5) is 25.9. The molecule has 3 heterocycles. The number of nitrogens with two attached hydrogens (primary N) is 2. The second-order valence-electron chi connectivity index (χ2n) is 16.0. The molecule has 10 nitrogen and oxygen atoms in total. The maximum absolute atomic E-state index is 12.6. The van der Waals surface area contributed by atoms with E-state index >= 15 is 0 Å². The first kappa shape index (κ1) is 33.4. The summed E-state index contributed by atoms with van der Waals surface area (Å²) < 4.78 is 12.3. The first-order valence-corrected chi connectivity index (χ1v) is 18.4. The van der Waals surface area contributed by atoms with Gasteiger partial charge in [-0.3, -0.25) is 9.89 Å². The van der Waals surface area contributed by atoms with Crippen LogP contribution in [0.15, 0.2) is 37.1 Å². The second kappa shape index (κ2) is 12.5. The molecule has 4 aromatic rings. The van der Waals surface area contributed by atoms with Crippen molar-refractivity contribution in [2.75, 3.05) is 40.5 Å². The number of nitrogens with zero attached hydrogens (tertiary/aromatic N) is 4. The number of benzene rings is 2. The van der Waals surface area contributed by atoms with E-state index in [9.17, 15) is 4.79 Å². The van der Waals surface area contributed by atoms with Gasteiger partial charge in [0.25, 0.3) is 0 Å². The quantitative estimate of drug-likeness (QED) is 0.133. The first-order chi connectivity index (χ1) is 24.1. The van der Waals surface area contributed by atoms with Gasteiger partial charge in [-0.05, 0) is 138 Å². The van der Waals surface area contributed by atoms with Crippen molar-refractivity contribution in [1.82, 2.24) is 25.1 Å². The molecule has 264 valence electrons. The molecule has 1 aliphatic heterocycles. The van der Waals surface area contributed by atoms with Gasteiger partial charge in [-0.1, -0.05) is 12.6 Å². The number of nitrogens with one attached hydrogen (secondary N) is 1. The van der Waals surface area contributed by atoms with Crippen LogP contribution in [0.25, 0.3) is 32.9 Å². The van der Waals surface area contributed by atoms with Crippen LogP contribution in [0, 0.1) is 12.3 Å². The number of H-pyrrole nitrogens is 1. The number of hydrogen-bond donors (Lipinski definition) is 3. The normalized spacial score (nSPS) is 27.5. The van der Waals surface area contributed by atoms with E-state index in [0.717, 1.165) is 115 Å². The maximum Gasteiger partial charge on any atom is 0.174 e. The van der Waals surface area contributed by atoms with Gasteiger partial charge < -0.3 is 25.8 Å². The standard InChI is InChI=1S/C40H51N7O3/c1-5-31(48)40(42)22-38(23-40)12-14-39(41,15-13-38)36-28-20-27(25-7-8-25)33(32-24(2)6-9-30-29(32)21-43-46-30)35(50-19-18-49-4)34(28)44-37(45-36)26-10-16-47(3)17-11-26/h5-6,9,20-21,25-26H,1,7-8,10-19,22-23,41-42H2,2-4H3,(H,43,46). The van der Waals surface area contributed by atoms with E-state index in [4.69, 9.17) is 30.9 Å². The summed E-state index contributed by atoms with van der Waals surface area (Å²) in [5.74, 6) is 2.26. The van der Waals surface area contributed by atoms with E-state index in [0.29, 0.717) is 32.0 Å². The smallest absolute Gasteiger partial charge is 0.174 e. The molecule has 0 atom stereocenters. The van der Waals surface area contributed by atoms with Gasteiger partial charge in [0.1, 0.15) is 17.9 Å². The van der Waals surface area contributed by atoms with Crippen molar-refractivity contribution in [2.45, 2.75) is 94.0 Å². The zero-order valence-corrected chi connectivity index (χ0v) is 29.8.